The number of nitrogens with zero attached hydrogens (tertiary/aromatic N) is 3. The predicted octanol–water partition coefficient (Wildman–Crippen LogP) is 9.65. The van der Waals surface area contributed by atoms with Crippen LogP contribution < -0.4 is 4.90 Å². The molecule has 9 rings (SSSR count). The summed E-state index contributed by atoms with van der Waals surface area (Å²) in [4.78, 5) is 30.2. The molecule has 48 heavy (non-hydrogen) atoms. The van der Waals surface area contributed by atoms with E-state index in [1.165, 1.54) is 22.5 Å². The van der Waals surface area contributed by atoms with Gasteiger partial charge < -0.3 is 0 Å². The van der Waals surface area contributed by atoms with Crippen LogP contribution in [0.25, 0.3) is 38.7 Å². The molecule has 0 unspecified atom stereocenters. The summed E-state index contributed by atoms with van der Waals surface area (Å²) in [6.45, 7) is 4.62. The Morgan fingerprint density at radius 2 is 1.29 bits per heavy atom. The molecule has 0 saturated heterocycles. The van der Waals surface area contributed by atoms with Crippen molar-refractivity contribution in [1.82, 2.24) is 7.96 Å². The number of thiophene rings is 1. The van der Waals surface area contributed by atoms with Crippen molar-refractivity contribution in [3.63, 3.8) is 0 Å². The fourth-order valence-corrected chi connectivity index (χ4v) is 9.33. The van der Waals surface area contributed by atoms with Gasteiger partial charge in [0.1, 0.15) is 0 Å². The zero-order valence-corrected chi connectivity index (χ0v) is 28.6. The van der Waals surface area contributed by atoms with Crippen LogP contribution in [0.3, 0.4) is 0 Å². The van der Waals surface area contributed by atoms with Crippen molar-refractivity contribution in [3.8, 4) is 21.6 Å². The van der Waals surface area contributed by atoms with E-state index in [1.807, 2.05) is 12.1 Å². The van der Waals surface area contributed by atoms with Crippen LogP contribution in [0, 0.1) is 0 Å². The second kappa shape index (κ2) is 10.9. The number of aromatic nitrogens is 2. The van der Waals surface area contributed by atoms with E-state index in [1.54, 1.807) is 41.7 Å². The summed E-state index contributed by atoms with van der Waals surface area (Å²) in [5.41, 5.74) is 12.0. The monoisotopic (exact) mass is 705 g/mol. The normalized spacial score (nSPS) is 14.6. The molecule has 5 aromatic carbocycles. The fourth-order valence-electron chi connectivity index (χ4n) is 7.15. The van der Waals surface area contributed by atoms with Gasteiger partial charge in [0.2, 0.25) is 0 Å². The first kappa shape index (κ1) is 29.0. The van der Waals surface area contributed by atoms with Crippen molar-refractivity contribution in [2.24, 2.45) is 0 Å². The maximum atomic E-state index is 13.0. The topological polar surface area (TPSA) is 63.2 Å². The van der Waals surface area contributed by atoms with Crippen LogP contribution in [0.4, 0.5) is 17.1 Å². The fraction of sp³-hybridized carbons (Fsp3) is 0.0732. The zero-order chi connectivity index (χ0) is 32.6. The van der Waals surface area contributed by atoms with Gasteiger partial charge in [-0.2, -0.15) is 0 Å². The number of anilines is 3. The molecule has 5 nitrogen and oxygen atoms in total. The quantitative estimate of drug-likeness (QED) is 0.104. The number of hydrogen-bond donors (Lipinski definition) is 0. The van der Waals surface area contributed by atoms with E-state index in [0.29, 0.717) is 11.1 Å². The second-order valence-electron chi connectivity index (χ2n) is 12.6. The molecule has 2 aromatic heterocycles. The minimum atomic E-state index is -0.236. The summed E-state index contributed by atoms with van der Waals surface area (Å²) in [5.74, 6) is -0.424. The molecular weight excluding hydrogens is 677 g/mol. The number of allylic oxidation sites excluding steroid dienone is 1. The summed E-state index contributed by atoms with van der Waals surface area (Å²) in [6, 6.07) is 41.4. The summed E-state index contributed by atoms with van der Waals surface area (Å²) in [5, 5.41) is 0. The number of benzene rings is 5. The van der Waals surface area contributed by atoms with Crippen molar-refractivity contribution >= 4 is 72.0 Å². The van der Waals surface area contributed by atoms with Gasteiger partial charge in [0.05, 0.1) is 0 Å². The molecule has 0 atom stereocenters. The van der Waals surface area contributed by atoms with Crippen LogP contribution in [0.15, 0.2) is 127 Å². The Morgan fingerprint density at radius 3 is 2.06 bits per heavy atom. The van der Waals surface area contributed by atoms with Gasteiger partial charge in [-0.25, -0.2) is 0 Å². The van der Waals surface area contributed by atoms with Crippen LogP contribution in [-0.2, 0) is 5.41 Å². The molecule has 0 saturated carbocycles. The molecule has 7 heteroatoms. The van der Waals surface area contributed by atoms with Crippen LogP contribution in [-0.4, -0.2) is 34.5 Å². The molecule has 230 valence electrons. The first-order valence-electron chi connectivity index (χ1n) is 15.8. The molecule has 3 heterocycles. The Balaban J connectivity index is 1.11. The number of fused-ring (bicyclic) bond motifs is 4. The Labute approximate surface area is 288 Å². The van der Waals surface area contributed by atoms with E-state index in [9.17, 15) is 9.59 Å². The Hall–Kier alpha value is -5.20. The van der Waals surface area contributed by atoms with Crippen LogP contribution in [0.2, 0.25) is 0 Å². The summed E-state index contributed by atoms with van der Waals surface area (Å²) in [6.07, 6.45) is 1.73. The summed E-state index contributed by atoms with van der Waals surface area (Å²) in [7, 11) is 0. The van der Waals surface area contributed by atoms with Crippen LogP contribution >= 0.6 is 11.3 Å². The predicted molar refractivity (Wildman–Crippen MR) is 195 cm³/mol. The average Bonchev–Trinajstić information content (AvgIpc) is 3.85. The average molecular weight is 705 g/mol. The van der Waals surface area contributed by atoms with E-state index < -0.39 is 0 Å². The molecule has 0 radical (unpaired) electrons. The Kier molecular flexibility index (Phi) is 6.60. The van der Waals surface area contributed by atoms with Gasteiger partial charge >= 0.3 is 289 Å². The number of Topliss-reactive ketones (excluding diaryl/α,β-unsaturated/α-hetero) is 2. The minimum absolute atomic E-state index is 0.212. The van der Waals surface area contributed by atoms with Crippen molar-refractivity contribution in [1.29, 1.82) is 0 Å². The molecular formula is C41H27N3O2SSe. The zero-order valence-electron chi connectivity index (χ0n) is 26.1. The molecule has 2 aliphatic rings. The first-order valence-corrected chi connectivity index (χ1v) is 18.1. The molecule has 0 amide bonds. The molecule has 0 spiro atoms. The second-order valence-corrected chi connectivity index (χ2v) is 14.9. The number of hydrogen-bond acceptors (Lipinski definition) is 6. The molecule has 0 N–H and O–H groups in total. The first-order chi connectivity index (χ1) is 23.4. The number of rotatable bonds is 4. The van der Waals surface area contributed by atoms with E-state index >= 15 is 0 Å². The van der Waals surface area contributed by atoms with Gasteiger partial charge in [0.25, 0.3) is 0 Å². The third-order valence-electron chi connectivity index (χ3n) is 9.55. The van der Waals surface area contributed by atoms with Crippen molar-refractivity contribution in [3.05, 3.63) is 154 Å². The number of carbonyl (C=O) groups is 2. The van der Waals surface area contributed by atoms with Gasteiger partial charge in [0.15, 0.2) is 0 Å². The van der Waals surface area contributed by atoms with Gasteiger partial charge in [-0.1, -0.05) is 0 Å². The standard InChI is InChI=1S/C41H27N3O2SSe/c1-41(2)32-14-8-9-15-34(32)44(25-10-4-3-5-11-25)35-20-16-24(22-33(35)41)27-18-19-30(38-37(27)42-48-43-38)36-21-17-26(47-36)23-31-39(45)28-12-6-7-13-29(28)40(31)46/h3-23H,1-2H3. The van der Waals surface area contributed by atoms with E-state index in [-0.39, 0.29) is 37.5 Å². The van der Waals surface area contributed by atoms with Crippen molar-refractivity contribution in [2.45, 2.75) is 19.3 Å². The number of para-hydroxylation sites is 2. The van der Waals surface area contributed by atoms with E-state index in [2.05, 4.69) is 104 Å². The third kappa shape index (κ3) is 4.36. The Bertz CT molecular complexity index is 2450. The van der Waals surface area contributed by atoms with Gasteiger partial charge in [-0.05, 0) is 0 Å². The van der Waals surface area contributed by atoms with E-state index in [4.69, 9.17) is 7.96 Å². The van der Waals surface area contributed by atoms with Crippen molar-refractivity contribution in [2.75, 3.05) is 4.90 Å². The molecule has 7 aromatic rings. The molecule has 1 aliphatic heterocycles. The molecule has 0 bridgehead atoms. The van der Waals surface area contributed by atoms with Crippen LogP contribution in [0.5, 0.6) is 0 Å². The van der Waals surface area contributed by atoms with Crippen molar-refractivity contribution < 1.29 is 9.59 Å². The SMILES string of the molecule is CC1(C)c2ccccc2N(c2ccccc2)c2ccc(-c3ccc(-c4ccc(C=C5C(=O)c6ccccc6C5=O)s4)c4n[se]nc34)cc21. The summed E-state index contributed by atoms with van der Waals surface area (Å²) >= 11 is 1.32. The Morgan fingerprint density at radius 1 is 0.646 bits per heavy atom. The molecule has 1 aliphatic carbocycles. The third-order valence-corrected chi connectivity index (χ3v) is 11.7. The number of ketones is 2. The van der Waals surface area contributed by atoms with E-state index in [0.717, 1.165) is 43.2 Å². The van der Waals surface area contributed by atoms with Gasteiger partial charge in [-0.3, -0.25) is 0 Å². The molecule has 0 fully saturated rings. The summed E-state index contributed by atoms with van der Waals surface area (Å²) < 4.78 is 9.82. The van der Waals surface area contributed by atoms with Gasteiger partial charge in [-0.15, -0.1) is 0 Å². The maximum absolute atomic E-state index is 13.0. The number of carbonyl (C=O) groups excluding carboxylic acids is 2. The van der Waals surface area contributed by atoms with Gasteiger partial charge in [0, 0.05) is 0 Å². The van der Waals surface area contributed by atoms with Crippen LogP contribution in [0.1, 0.15) is 50.6 Å².